The highest BCUT2D eigenvalue weighted by atomic mass is 19.3. The van der Waals surface area contributed by atoms with Crippen LogP contribution in [0.4, 0.5) is 8.78 Å². The van der Waals surface area contributed by atoms with Gasteiger partial charge in [0, 0.05) is 0 Å². The van der Waals surface area contributed by atoms with E-state index in [-0.39, 0.29) is 24.5 Å². The second kappa shape index (κ2) is 7.78. The van der Waals surface area contributed by atoms with Crippen LogP contribution in [0.2, 0.25) is 0 Å². The van der Waals surface area contributed by atoms with Crippen molar-refractivity contribution in [1.29, 1.82) is 0 Å². The number of aliphatic hydroxyl groups is 1. The van der Waals surface area contributed by atoms with E-state index in [2.05, 4.69) is 4.74 Å². The fourth-order valence-electron chi connectivity index (χ4n) is 1.77. The minimum Gasteiger partial charge on any atom is -0.490 e. The van der Waals surface area contributed by atoms with E-state index in [1.807, 2.05) is 0 Å². The Morgan fingerprint density at radius 2 is 2.00 bits per heavy atom. The Hall–Kier alpha value is -1.89. The highest BCUT2D eigenvalue weighted by Gasteiger charge is 2.20. The quantitative estimate of drug-likeness (QED) is 0.772. The van der Waals surface area contributed by atoms with Crippen molar-refractivity contribution in [3.63, 3.8) is 0 Å². The third-order valence-corrected chi connectivity index (χ3v) is 2.87. The average molecular weight is 304 g/mol. The third-order valence-electron chi connectivity index (χ3n) is 2.87. The molecule has 0 heterocycles. The van der Waals surface area contributed by atoms with E-state index in [1.54, 1.807) is 6.92 Å². The maximum Gasteiger partial charge on any atom is 0.387 e. The van der Waals surface area contributed by atoms with Crippen molar-refractivity contribution < 1.29 is 33.3 Å². The molecule has 1 aromatic rings. The Bertz CT molecular complexity index is 478. The SMILES string of the molecule is CCOc1cc(C(O)CC(C)C(=O)O)ccc1OC(F)F. The van der Waals surface area contributed by atoms with Gasteiger partial charge in [-0.1, -0.05) is 13.0 Å². The first-order valence-corrected chi connectivity index (χ1v) is 6.47. The lowest BCUT2D eigenvalue weighted by Gasteiger charge is -2.17. The first-order chi connectivity index (χ1) is 9.85. The number of carbonyl (C=O) groups is 1. The van der Waals surface area contributed by atoms with Crippen LogP contribution in [-0.2, 0) is 4.79 Å². The lowest BCUT2D eigenvalue weighted by Crippen LogP contribution is -2.14. The molecule has 0 fully saturated rings. The Morgan fingerprint density at radius 3 is 2.52 bits per heavy atom. The molecule has 0 amide bonds. The fourth-order valence-corrected chi connectivity index (χ4v) is 1.77. The Balaban J connectivity index is 2.93. The Labute approximate surface area is 121 Å². The zero-order chi connectivity index (χ0) is 16.0. The smallest absolute Gasteiger partial charge is 0.387 e. The van der Waals surface area contributed by atoms with Crippen molar-refractivity contribution in [3.05, 3.63) is 23.8 Å². The predicted octanol–water partition coefficient (Wildman–Crippen LogP) is 2.83. The van der Waals surface area contributed by atoms with Gasteiger partial charge in [0.1, 0.15) is 0 Å². The number of hydrogen-bond acceptors (Lipinski definition) is 4. The van der Waals surface area contributed by atoms with Crippen LogP contribution >= 0.6 is 0 Å². The molecule has 0 saturated carbocycles. The second-order valence-electron chi connectivity index (χ2n) is 4.51. The molecule has 0 aliphatic heterocycles. The van der Waals surface area contributed by atoms with Crippen LogP contribution in [0.1, 0.15) is 31.9 Å². The standard InChI is InChI=1S/C14H18F2O5/c1-3-20-12-7-9(4-5-11(12)21-14(15)16)10(17)6-8(2)13(18)19/h4-5,7-8,10,14,17H,3,6H2,1-2H3,(H,18,19). The number of ether oxygens (including phenoxy) is 2. The molecule has 2 unspecified atom stereocenters. The minimum absolute atomic E-state index is 0.00987. The maximum atomic E-state index is 12.3. The van der Waals surface area contributed by atoms with Crippen LogP contribution < -0.4 is 9.47 Å². The minimum atomic E-state index is -2.98. The van der Waals surface area contributed by atoms with E-state index in [0.29, 0.717) is 5.56 Å². The monoisotopic (exact) mass is 304 g/mol. The van der Waals surface area contributed by atoms with Crippen LogP contribution in [-0.4, -0.2) is 29.4 Å². The lowest BCUT2D eigenvalue weighted by atomic mass is 9.98. The number of aliphatic carboxylic acids is 1. The van der Waals surface area contributed by atoms with Crippen LogP contribution in [0.25, 0.3) is 0 Å². The molecule has 1 aromatic carbocycles. The van der Waals surface area contributed by atoms with E-state index in [4.69, 9.17) is 9.84 Å². The number of aliphatic hydroxyl groups excluding tert-OH is 1. The van der Waals surface area contributed by atoms with Crippen molar-refractivity contribution in [3.8, 4) is 11.5 Å². The molecule has 0 aromatic heterocycles. The van der Waals surface area contributed by atoms with Crippen molar-refractivity contribution in [2.45, 2.75) is 33.0 Å². The van der Waals surface area contributed by atoms with Crippen LogP contribution in [0.15, 0.2) is 18.2 Å². The summed E-state index contributed by atoms with van der Waals surface area (Å²) >= 11 is 0. The normalized spacial score (nSPS) is 13.8. The van der Waals surface area contributed by atoms with Gasteiger partial charge in [-0.05, 0) is 31.0 Å². The molecule has 7 heteroatoms. The van der Waals surface area contributed by atoms with Gasteiger partial charge >= 0.3 is 12.6 Å². The van der Waals surface area contributed by atoms with E-state index in [9.17, 15) is 18.7 Å². The van der Waals surface area contributed by atoms with Gasteiger partial charge in [-0.25, -0.2) is 0 Å². The van der Waals surface area contributed by atoms with Gasteiger partial charge in [0.15, 0.2) is 11.5 Å². The van der Waals surface area contributed by atoms with Gasteiger partial charge < -0.3 is 19.7 Å². The Kier molecular flexibility index (Phi) is 6.36. The summed E-state index contributed by atoms with van der Waals surface area (Å²) in [5.41, 5.74) is 0.383. The molecule has 5 nitrogen and oxygen atoms in total. The van der Waals surface area contributed by atoms with E-state index >= 15 is 0 Å². The van der Waals surface area contributed by atoms with Crippen molar-refractivity contribution >= 4 is 5.97 Å². The largest absolute Gasteiger partial charge is 0.490 e. The summed E-state index contributed by atoms with van der Waals surface area (Å²) in [6, 6.07) is 4.04. The summed E-state index contributed by atoms with van der Waals surface area (Å²) in [5, 5.41) is 18.8. The first kappa shape index (κ1) is 17.2. The molecule has 0 saturated heterocycles. The number of hydrogen-bond donors (Lipinski definition) is 2. The van der Waals surface area contributed by atoms with Gasteiger partial charge in [0.05, 0.1) is 18.6 Å². The summed E-state index contributed by atoms with van der Waals surface area (Å²) in [6.45, 7) is 0.419. The van der Waals surface area contributed by atoms with Crippen molar-refractivity contribution in [1.82, 2.24) is 0 Å². The highest BCUT2D eigenvalue weighted by molar-refractivity contribution is 5.69. The number of benzene rings is 1. The average Bonchev–Trinajstić information content (AvgIpc) is 2.40. The van der Waals surface area contributed by atoms with Crippen molar-refractivity contribution in [2.75, 3.05) is 6.61 Å². The molecule has 0 spiro atoms. The summed E-state index contributed by atoms with van der Waals surface area (Å²) in [4.78, 5) is 10.8. The zero-order valence-corrected chi connectivity index (χ0v) is 11.8. The second-order valence-corrected chi connectivity index (χ2v) is 4.51. The highest BCUT2D eigenvalue weighted by Crippen LogP contribution is 2.33. The maximum absolute atomic E-state index is 12.3. The number of halogens is 2. The topological polar surface area (TPSA) is 76.0 Å². The molecule has 0 aliphatic carbocycles. The van der Waals surface area contributed by atoms with Crippen LogP contribution in [0.5, 0.6) is 11.5 Å². The van der Waals surface area contributed by atoms with E-state index in [0.717, 1.165) is 0 Å². The summed E-state index contributed by atoms with van der Waals surface area (Å²) < 4.78 is 34.0. The first-order valence-electron chi connectivity index (χ1n) is 6.47. The molecule has 2 N–H and O–H groups in total. The number of carboxylic acid groups (broad SMARTS) is 1. The zero-order valence-electron chi connectivity index (χ0n) is 11.8. The molecule has 0 bridgehead atoms. The lowest BCUT2D eigenvalue weighted by molar-refractivity contribution is -0.142. The molecule has 1 rings (SSSR count). The molecule has 0 aliphatic rings. The van der Waals surface area contributed by atoms with E-state index < -0.39 is 24.6 Å². The summed E-state index contributed by atoms with van der Waals surface area (Å²) in [6.07, 6.45) is -1.02. The van der Waals surface area contributed by atoms with Gasteiger partial charge in [-0.2, -0.15) is 8.78 Å². The molecule has 0 radical (unpaired) electrons. The van der Waals surface area contributed by atoms with Gasteiger partial charge in [0.2, 0.25) is 0 Å². The molecule has 118 valence electrons. The third kappa shape index (κ3) is 5.18. The Morgan fingerprint density at radius 1 is 1.33 bits per heavy atom. The molecular weight excluding hydrogens is 286 g/mol. The summed E-state index contributed by atoms with van der Waals surface area (Å²) in [5.74, 6) is -1.80. The fraction of sp³-hybridized carbons (Fsp3) is 0.500. The van der Waals surface area contributed by atoms with Gasteiger partial charge in [-0.3, -0.25) is 4.79 Å². The molecular formula is C14H18F2O5. The van der Waals surface area contributed by atoms with Crippen LogP contribution in [0, 0.1) is 5.92 Å². The summed E-state index contributed by atoms with van der Waals surface area (Å²) in [7, 11) is 0. The van der Waals surface area contributed by atoms with E-state index in [1.165, 1.54) is 25.1 Å². The molecule has 21 heavy (non-hydrogen) atoms. The molecule has 2 atom stereocenters. The van der Waals surface area contributed by atoms with Crippen LogP contribution in [0.3, 0.4) is 0 Å². The number of carboxylic acids is 1. The van der Waals surface area contributed by atoms with Gasteiger partial charge in [0.25, 0.3) is 0 Å². The van der Waals surface area contributed by atoms with Gasteiger partial charge in [-0.15, -0.1) is 0 Å². The number of rotatable bonds is 8. The number of alkyl halides is 2. The predicted molar refractivity (Wildman–Crippen MR) is 70.6 cm³/mol. The van der Waals surface area contributed by atoms with Crippen molar-refractivity contribution in [2.24, 2.45) is 5.92 Å².